The van der Waals surface area contributed by atoms with Crippen LogP contribution < -0.4 is 0 Å². The highest BCUT2D eigenvalue weighted by atomic mass is 32.1. The molecule has 0 amide bonds. The van der Waals surface area contributed by atoms with E-state index in [9.17, 15) is 0 Å². The van der Waals surface area contributed by atoms with Crippen molar-refractivity contribution in [2.24, 2.45) is 0 Å². The highest BCUT2D eigenvalue weighted by Crippen LogP contribution is 2.42. The van der Waals surface area contributed by atoms with Gasteiger partial charge in [-0.15, -0.1) is 11.3 Å². The zero-order valence-corrected chi connectivity index (χ0v) is 7.16. The van der Waals surface area contributed by atoms with Gasteiger partial charge in [0.25, 0.3) is 0 Å². The van der Waals surface area contributed by atoms with Gasteiger partial charge in [0.1, 0.15) is 0 Å². The fourth-order valence-corrected chi connectivity index (χ4v) is 2.09. The molecule has 1 aromatic rings. The smallest absolute Gasteiger partial charge is 0.0961 e. The highest BCUT2D eigenvalue weighted by molar-refractivity contribution is 7.11. The first-order valence-electron chi connectivity index (χ1n) is 3.71. The normalized spacial score (nSPS) is 17.8. The summed E-state index contributed by atoms with van der Waals surface area (Å²) in [4.78, 5) is 5.88. The maximum absolute atomic E-state index is 4.49. The second-order valence-electron chi connectivity index (χ2n) is 2.97. The Morgan fingerprint density at radius 1 is 1.40 bits per heavy atom. The quantitative estimate of drug-likeness (QED) is 0.604. The van der Waals surface area contributed by atoms with E-state index in [0.717, 1.165) is 5.92 Å². The summed E-state index contributed by atoms with van der Waals surface area (Å²) in [5.41, 5.74) is 1.23. The van der Waals surface area contributed by atoms with Gasteiger partial charge in [-0.3, -0.25) is 0 Å². The van der Waals surface area contributed by atoms with Crippen LogP contribution in [0.3, 0.4) is 0 Å². The van der Waals surface area contributed by atoms with E-state index in [0.29, 0.717) is 0 Å². The van der Waals surface area contributed by atoms with Crippen LogP contribution in [0.15, 0.2) is 0 Å². The maximum atomic E-state index is 4.49. The fraction of sp³-hybridized carbons (Fsp3) is 0.625. The van der Waals surface area contributed by atoms with Crippen molar-refractivity contribution in [1.29, 1.82) is 0 Å². The van der Waals surface area contributed by atoms with Crippen molar-refractivity contribution in [3.05, 3.63) is 15.6 Å². The molecule has 0 N–H and O–H groups in total. The molecule has 1 aliphatic rings. The van der Waals surface area contributed by atoms with Gasteiger partial charge in [0, 0.05) is 10.8 Å². The molecule has 2 rings (SSSR count). The third kappa shape index (κ3) is 0.966. The lowest BCUT2D eigenvalue weighted by atomic mass is 10.4. The van der Waals surface area contributed by atoms with Gasteiger partial charge < -0.3 is 0 Å². The van der Waals surface area contributed by atoms with E-state index >= 15 is 0 Å². The molecule has 0 aromatic carbocycles. The lowest BCUT2D eigenvalue weighted by Gasteiger charge is -1.82. The van der Waals surface area contributed by atoms with Crippen molar-refractivity contribution >= 4 is 11.3 Å². The van der Waals surface area contributed by atoms with Gasteiger partial charge in [-0.1, -0.05) is 0 Å². The summed E-state index contributed by atoms with van der Waals surface area (Å²) < 4.78 is 0. The van der Waals surface area contributed by atoms with Crippen LogP contribution in [0.2, 0.25) is 0 Å². The van der Waals surface area contributed by atoms with E-state index < -0.39 is 0 Å². The van der Waals surface area contributed by atoms with Gasteiger partial charge in [0.2, 0.25) is 0 Å². The predicted octanol–water partition coefficient (Wildman–Crippen LogP) is 2.64. The van der Waals surface area contributed by atoms with E-state index in [1.54, 1.807) is 0 Å². The predicted molar refractivity (Wildman–Crippen MR) is 43.6 cm³/mol. The van der Waals surface area contributed by atoms with E-state index in [4.69, 9.17) is 0 Å². The van der Waals surface area contributed by atoms with E-state index in [2.05, 4.69) is 18.8 Å². The Hall–Kier alpha value is -0.370. The summed E-state index contributed by atoms with van der Waals surface area (Å²) in [6.07, 6.45) is 2.73. The van der Waals surface area contributed by atoms with Gasteiger partial charge in [-0.2, -0.15) is 0 Å². The first-order chi connectivity index (χ1) is 4.77. The average Bonchev–Trinajstić information content (AvgIpc) is 2.64. The molecular weight excluding hydrogens is 142 g/mol. The molecule has 1 heterocycles. The number of aromatic nitrogens is 1. The summed E-state index contributed by atoms with van der Waals surface area (Å²) in [6, 6.07) is 0. The topological polar surface area (TPSA) is 12.9 Å². The van der Waals surface area contributed by atoms with Crippen molar-refractivity contribution in [1.82, 2.24) is 4.98 Å². The Kier molecular flexibility index (Phi) is 1.31. The number of nitrogens with zero attached hydrogens (tertiary/aromatic N) is 1. The van der Waals surface area contributed by atoms with Crippen molar-refractivity contribution in [2.75, 3.05) is 0 Å². The van der Waals surface area contributed by atoms with Crippen LogP contribution in [0, 0.1) is 13.8 Å². The maximum Gasteiger partial charge on any atom is 0.0961 e. The monoisotopic (exact) mass is 153 g/mol. The molecule has 0 spiro atoms. The third-order valence-corrected chi connectivity index (χ3v) is 3.21. The first kappa shape index (κ1) is 6.35. The van der Waals surface area contributed by atoms with Crippen molar-refractivity contribution in [3.8, 4) is 0 Å². The molecule has 54 valence electrons. The minimum absolute atomic E-state index is 0.831. The highest BCUT2D eigenvalue weighted by Gasteiger charge is 2.26. The van der Waals surface area contributed by atoms with Crippen LogP contribution in [-0.4, -0.2) is 4.98 Å². The molecule has 1 aromatic heterocycles. The molecule has 0 aliphatic heterocycles. The Labute approximate surface area is 65.1 Å². The Morgan fingerprint density at radius 3 is 2.50 bits per heavy atom. The molecule has 1 saturated carbocycles. The summed E-state index contributed by atoms with van der Waals surface area (Å²) in [6.45, 7) is 4.25. The first-order valence-corrected chi connectivity index (χ1v) is 4.53. The lowest BCUT2D eigenvalue weighted by Crippen LogP contribution is -1.76. The zero-order chi connectivity index (χ0) is 7.14. The fourth-order valence-electron chi connectivity index (χ4n) is 1.00. The average molecular weight is 153 g/mol. The van der Waals surface area contributed by atoms with Gasteiger partial charge in [0.15, 0.2) is 0 Å². The summed E-state index contributed by atoms with van der Waals surface area (Å²) >= 11 is 1.87. The largest absolute Gasteiger partial charge is 0.246 e. The standard InChI is InChI=1S/C8H11NS/c1-5-6(2)10-8(9-5)7-3-4-7/h7H,3-4H2,1-2H3. The molecule has 0 radical (unpaired) electrons. The van der Waals surface area contributed by atoms with Crippen molar-refractivity contribution in [3.63, 3.8) is 0 Å². The molecule has 2 heteroatoms. The van der Waals surface area contributed by atoms with Gasteiger partial charge in [-0.05, 0) is 26.7 Å². The van der Waals surface area contributed by atoms with Crippen LogP contribution in [0.4, 0.5) is 0 Å². The number of thiazole rings is 1. The number of hydrogen-bond donors (Lipinski definition) is 0. The molecule has 1 aliphatic carbocycles. The Bertz CT molecular complexity index is 228. The summed E-state index contributed by atoms with van der Waals surface area (Å²) in [5.74, 6) is 0.831. The minimum Gasteiger partial charge on any atom is -0.246 e. The van der Waals surface area contributed by atoms with E-state index in [1.165, 1.54) is 28.4 Å². The number of rotatable bonds is 1. The minimum atomic E-state index is 0.831. The van der Waals surface area contributed by atoms with Crippen molar-refractivity contribution < 1.29 is 0 Å². The third-order valence-electron chi connectivity index (χ3n) is 1.97. The molecule has 1 fully saturated rings. The molecular formula is C8H11NS. The molecule has 0 saturated heterocycles. The second-order valence-corrected chi connectivity index (χ2v) is 4.20. The second kappa shape index (κ2) is 2.06. The van der Waals surface area contributed by atoms with E-state index in [1.807, 2.05) is 11.3 Å². The summed E-state index contributed by atoms with van der Waals surface area (Å²) in [7, 11) is 0. The van der Waals surface area contributed by atoms with Gasteiger partial charge in [0.05, 0.1) is 10.7 Å². The van der Waals surface area contributed by atoms with Crippen LogP contribution >= 0.6 is 11.3 Å². The number of hydrogen-bond acceptors (Lipinski definition) is 2. The van der Waals surface area contributed by atoms with Crippen LogP contribution in [0.25, 0.3) is 0 Å². The van der Waals surface area contributed by atoms with Crippen LogP contribution in [0.1, 0.15) is 34.3 Å². The molecule has 1 nitrogen and oxygen atoms in total. The lowest BCUT2D eigenvalue weighted by molar-refractivity contribution is 1.05. The van der Waals surface area contributed by atoms with Crippen molar-refractivity contribution in [2.45, 2.75) is 32.6 Å². The molecule has 0 bridgehead atoms. The molecule has 0 atom stereocenters. The zero-order valence-electron chi connectivity index (χ0n) is 6.35. The van der Waals surface area contributed by atoms with Gasteiger partial charge in [-0.25, -0.2) is 4.98 Å². The molecule has 0 unspecified atom stereocenters. The Morgan fingerprint density at radius 2 is 2.10 bits per heavy atom. The van der Waals surface area contributed by atoms with Crippen LogP contribution in [-0.2, 0) is 0 Å². The molecule has 10 heavy (non-hydrogen) atoms. The SMILES string of the molecule is Cc1nc(C2CC2)sc1C. The summed E-state index contributed by atoms with van der Waals surface area (Å²) in [5, 5.41) is 1.37. The van der Waals surface area contributed by atoms with E-state index in [-0.39, 0.29) is 0 Å². The number of aryl methyl sites for hydroxylation is 2. The Balaban J connectivity index is 2.34. The van der Waals surface area contributed by atoms with Crippen LogP contribution in [0.5, 0.6) is 0 Å². The van der Waals surface area contributed by atoms with Gasteiger partial charge >= 0.3 is 0 Å².